The summed E-state index contributed by atoms with van der Waals surface area (Å²) >= 11 is 0. The number of nitrogens with one attached hydrogen (secondary N) is 3. The number of likely N-dealkylation sites (N-methyl/N-ethyl adjacent to an activating group) is 4. The van der Waals surface area contributed by atoms with Gasteiger partial charge in [0, 0.05) is 59.9 Å². The number of aliphatic hydroxyl groups is 1. The highest BCUT2D eigenvalue weighted by atomic mass is 16.6. The van der Waals surface area contributed by atoms with Crippen LogP contribution in [0, 0.1) is 23.7 Å². The molecule has 2 aliphatic heterocycles. The molecule has 0 aromatic heterocycles. The van der Waals surface area contributed by atoms with E-state index >= 15 is 19.2 Å². The van der Waals surface area contributed by atoms with Crippen LogP contribution in [0.4, 0.5) is 0 Å². The van der Waals surface area contributed by atoms with Gasteiger partial charge in [0.1, 0.15) is 48.9 Å². The Morgan fingerprint density at radius 1 is 0.609 bits per heavy atom. The maximum atomic E-state index is 15.4. The number of ether oxygens (including phenoxy) is 2. The highest BCUT2D eigenvalue weighted by molar-refractivity contribution is 5.99. The second kappa shape index (κ2) is 31.8. The molecule has 2 heterocycles. The first kappa shape index (κ1) is 70.1. The molecule has 0 unspecified atom stereocenters. The molecule has 2 aliphatic rings. The van der Waals surface area contributed by atoms with Gasteiger partial charge in [0.15, 0.2) is 12.1 Å². The Morgan fingerprint density at radius 3 is 1.59 bits per heavy atom. The van der Waals surface area contributed by atoms with Gasteiger partial charge in [0.2, 0.25) is 41.4 Å². The molecule has 476 valence electrons. The molecule has 21 nitrogen and oxygen atoms in total. The summed E-state index contributed by atoms with van der Waals surface area (Å²) in [5.74, 6) is -9.79. The van der Waals surface area contributed by atoms with E-state index in [4.69, 9.17) is 9.47 Å². The molecule has 0 bridgehead atoms. The van der Waals surface area contributed by atoms with Gasteiger partial charge in [-0.2, -0.15) is 0 Å². The normalized spacial score (nSPS) is 24.6. The Balaban J connectivity index is 1.69. The van der Waals surface area contributed by atoms with E-state index in [-0.39, 0.29) is 57.6 Å². The summed E-state index contributed by atoms with van der Waals surface area (Å²) in [5, 5.41) is 20.4. The minimum Gasteiger partial charge on any atom is -0.461 e. The summed E-state index contributed by atoms with van der Waals surface area (Å²) < 4.78 is 11.7. The van der Waals surface area contributed by atoms with E-state index in [1.54, 1.807) is 120 Å². The Kier molecular flexibility index (Phi) is 25.6. The third kappa shape index (κ3) is 18.7. The molecular formula is C66H94N8O13. The van der Waals surface area contributed by atoms with Crippen LogP contribution in [0.2, 0.25) is 0 Å². The van der Waals surface area contributed by atoms with Crippen LogP contribution in [0.15, 0.2) is 91.0 Å². The van der Waals surface area contributed by atoms with Crippen molar-refractivity contribution in [3.63, 3.8) is 0 Å². The summed E-state index contributed by atoms with van der Waals surface area (Å²) in [6.45, 7) is 16.5. The van der Waals surface area contributed by atoms with Crippen molar-refractivity contribution in [1.29, 1.82) is 0 Å². The van der Waals surface area contributed by atoms with Gasteiger partial charge in [0.25, 0.3) is 5.91 Å². The monoisotopic (exact) mass is 1210 g/mol. The zero-order valence-electron chi connectivity index (χ0n) is 53.3. The van der Waals surface area contributed by atoms with Gasteiger partial charge in [0.05, 0.1) is 5.60 Å². The Labute approximate surface area is 513 Å². The smallest absolute Gasteiger partial charge is 0.332 e. The van der Waals surface area contributed by atoms with Gasteiger partial charge in [-0.1, -0.05) is 146 Å². The van der Waals surface area contributed by atoms with Gasteiger partial charge in [-0.25, -0.2) is 4.79 Å². The van der Waals surface area contributed by atoms with Gasteiger partial charge < -0.3 is 55.0 Å². The summed E-state index contributed by atoms with van der Waals surface area (Å²) in [5.41, 5.74) is 0.0514. The number of cyclic esters (lactones) is 1. The number of hydrogen-bond donors (Lipinski definition) is 4. The third-order valence-corrected chi connectivity index (χ3v) is 16.5. The van der Waals surface area contributed by atoms with Crippen molar-refractivity contribution < 1.29 is 62.5 Å². The highest BCUT2D eigenvalue weighted by Gasteiger charge is 2.48. The van der Waals surface area contributed by atoms with Crippen molar-refractivity contribution in [3.05, 3.63) is 108 Å². The van der Waals surface area contributed by atoms with Gasteiger partial charge >= 0.3 is 11.9 Å². The van der Waals surface area contributed by atoms with Crippen LogP contribution in [0.1, 0.15) is 124 Å². The molecule has 2 fully saturated rings. The van der Waals surface area contributed by atoms with E-state index in [9.17, 15) is 33.9 Å². The average Bonchev–Trinajstić information content (AvgIpc) is 2.36. The number of amides is 8. The standard InChI is InChI=1S/C66H94N8O13/c1-15-43(8)55-64(83)72(13)54(42(6)7)59(78)69-49(37-44-26-19-16-20-27-44)61(80)70(11)51(38-45-28-21-17-22-29-45)63(82)74-35-25-32-50(74)57(76)67-47(33-34-52(75)86-39-46-30-23-18-24-31-46)60(79)71(12)53(41(4)5)58(77)68-48(36-40(2)3)62(81)73(14)56(65(84)87-55)66(9,10)85/h16-24,26-31,40-43,47-51,53-56,85H,15,25,32-39H2,1-14H3,(H,67,76)(H,68,77)(H,69,78)/t43-,47+,48+,49+,50+,51+,53+,54+,55-,56-/m1/s1. The molecule has 4 N–H and O–H groups in total. The van der Waals surface area contributed by atoms with Crippen molar-refractivity contribution in [1.82, 2.24) is 40.4 Å². The zero-order chi connectivity index (χ0) is 64.6. The third-order valence-electron chi connectivity index (χ3n) is 16.5. The molecule has 5 rings (SSSR count). The Hall–Kier alpha value is -7.68. The van der Waals surface area contributed by atoms with E-state index in [1.165, 1.54) is 56.7 Å². The largest absolute Gasteiger partial charge is 0.461 e. The second-order valence-corrected chi connectivity index (χ2v) is 25.1. The van der Waals surface area contributed by atoms with Crippen LogP contribution in [-0.4, -0.2) is 184 Å². The SMILES string of the molecule is CC[C@@H](C)[C@H]1OC(=O)[C@H](C(C)(C)O)N(C)C(=O)[C@H](CC(C)C)NC(=O)[C@H](C(C)C)N(C)C(=O)[C@H](CCC(=O)OCc2ccccc2)NC(=O)[C@@H]2CCCN2C(=O)[C@H](Cc2ccccc2)N(C)C(=O)[C@H](Cc2ccccc2)NC(=O)[C@H](C(C)C)N(C)C1=O. The predicted octanol–water partition coefficient (Wildman–Crippen LogP) is 4.85. The van der Waals surface area contributed by atoms with Crippen LogP contribution >= 0.6 is 0 Å². The Morgan fingerprint density at radius 2 is 1.08 bits per heavy atom. The number of hydrogen-bond acceptors (Lipinski definition) is 13. The number of fused-ring (bicyclic) bond motifs is 1. The van der Waals surface area contributed by atoms with E-state index in [0.29, 0.717) is 24.0 Å². The van der Waals surface area contributed by atoms with Crippen molar-refractivity contribution in [2.45, 2.75) is 187 Å². The summed E-state index contributed by atoms with van der Waals surface area (Å²) in [6, 6.07) is 16.0. The lowest BCUT2D eigenvalue weighted by Gasteiger charge is -2.39. The van der Waals surface area contributed by atoms with Crippen LogP contribution in [0.3, 0.4) is 0 Å². The number of esters is 2. The van der Waals surface area contributed by atoms with Crippen LogP contribution < -0.4 is 16.0 Å². The molecule has 21 heteroatoms. The van der Waals surface area contributed by atoms with Crippen molar-refractivity contribution in [3.8, 4) is 0 Å². The van der Waals surface area contributed by atoms with E-state index < -0.39 is 137 Å². The molecule has 8 amide bonds. The summed E-state index contributed by atoms with van der Waals surface area (Å²) in [4.78, 5) is 155. The lowest BCUT2D eigenvalue weighted by atomic mass is 9.94. The number of rotatable bonds is 16. The number of carbonyl (C=O) groups is 10. The van der Waals surface area contributed by atoms with Crippen LogP contribution in [0.5, 0.6) is 0 Å². The van der Waals surface area contributed by atoms with E-state index in [2.05, 4.69) is 16.0 Å². The molecule has 3 aromatic rings. The van der Waals surface area contributed by atoms with E-state index in [1.807, 2.05) is 26.0 Å². The predicted molar refractivity (Wildman–Crippen MR) is 327 cm³/mol. The second-order valence-electron chi connectivity index (χ2n) is 25.1. The lowest BCUT2D eigenvalue weighted by molar-refractivity contribution is -0.177. The molecule has 0 aliphatic carbocycles. The zero-order valence-corrected chi connectivity index (χ0v) is 53.3. The van der Waals surface area contributed by atoms with E-state index in [0.717, 1.165) is 15.4 Å². The number of nitrogens with zero attached hydrogens (tertiary/aromatic N) is 5. The number of carbonyl (C=O) groups excluding carboxylic acids is 10. The van der Waals surface area contributed by atoms with Crippen LogP contribution in [-0.2, 0) is 76.9 Å². The maximum absolute atomic E-state index is 15.4. The summed E-state index contributed by atoms with van der Waals surface area (Å²) in [6.07, 6.45) is -1.38. The molecule has 10 atom stereocenters. The summed E-state index contributed by atoms with van der Waals surface area (Å²) in [7, 11) is 5.50. The Bertz CT molecular complexity index is 2850. The molecule has 2 saturated heterocycles. The average molecular weight is 1210 g/mol. The van der Waals surface area contributed by atoms with Crippen LogP contribution in [0.25, 0.3) is 0 Å². The molecule has 0 spiro atoms. The quantitative estimate of drug-likeness (QED) is 0.140. The molecule has 0 radical (unpaired) electrons. The first-order valence-electron chi connectivity index (χ1n) is 30.5. The fourth-order valence-electron chi connectivity index (χ4n) is 11.7. The van der Waals surface area contributed by atoms with Crippen molar-refractivity contribution in [2.24, 2.45) is 23.7 Å². The fourth-order valence-corrected chi connectivity index (χ4v) is 11.7. The fraction of sp³-hybridized carbons (Fsp3) is 0.576. The maximum Gasteiger partial charge on any atom is 0.332 e. The van der Waals surface area contributed by atoms with Crippen molar-refractivity contribution >= 4 is 59.2 Å². The van der Waals surface area contributed by atoms with Gasteiger partial charge in [-0.05, 0) is 80.4 Å². The first-order chi connectivity index (χ1) is 41.0. The van der Waals surface area contributed by atoms with Gasteiger partial charge in [-0.15, -0.1) is 0 Å². The minimum atomic E-state index is -2.02. The van der Waals surface area contributed by atoms with Gasteiger partial charge in [-0.3, -0.25) is 43.2 Å². The molecule has 0 saturated carbocycles. The minimum absolute atomic E-state index is 0.0102. The lowest BCUT2D eigenvalue weighted by Crippen LogP contribution is -2.62. The molecular weight excluding hydrogens is 1110 g/mol. The first-order valence-corrected chi connectivity index (χ1v) is 30.5. The number of benzene rings is 3. The topological polar surface area (TPSA) is 262 Å². The highest BCUT2D eigenvalue weighted by Crippen LogP contribution is 2.27. The molecule has 3 aromatic carbocycles. The van der Waals surface area contributed by atoms with Crippen molar-refractivity contribution in [2.75, 3.05) is 34.7 Å². The molecule has 87 heavy (non-hydrogen) atoms.